The van der Waals surface area contributed by atoms with Crippen LogP contribution in [0.25, 0.3) is 16.2 Å². The summed E-state index contributed by atoms with van der Waals surface area (Å²) in [6, 6.07) is 11.1. The largest absolute Gasteiger partial charge is 0.459 e. The molecule has 4 rings (SSSR count). The Bertz CT molecular complexity index is 1270. The Morgan fingerprint density at radius 2 is 2.03 bits per heavy atom. The zero-order valence-corrected chi connectivity index (χ0v) is 16.3. The van der Waals surface area contributed by atoms with Gasteiger partial charge in [-0.1, -0.05) is 18.2 Å². The molecular formula is C21H16FN3O3S. The lowest BCUT2D eigenvalue weighted by Crippen LogP contribution is -2.17. The smallest absolute Gasteiger partial charge is 0.312 e. The molecule has 0 bridgehead atoms. The number of esters is 1. The third kappa shape index (κ3) is 4.38. The number of aromatic nitrogens is 3. The molecule has 0 aliphatic rings. The minimum atomic E-state index is -0.480. The van der Waals surface area contributed by atoms with Crippen LogP contribution >= 0.6 is 11.3 Å². The number of pyridine rings is 1. The summed E-state index contributed by atoms with van der Waals surface area (Å²) >= 11 is 1.33. The number of ether oxygens (including phenoxy) is 1. The molecule has 0 aliphatic carbocycles. The van der Waals surface area contributed by atoms with Crippen LogP contribution < -0.4 is 5.56 Å². The monoisotopic (exact) mass is 409 g/mol. The second-order valence-electron chi connectivity index (χ2n) is 6.51. The second kappa shape index (κ2) is 7.92. The van der Waals surface area contributed by atoms with Gasteiger partial charge >= 0.3 is 5.97 Å². The summed E-state index contributed by atoms with van der Waals surface area (Å²) in [5.74, 6) is -0.820. The number of carbonyl (C=O) groups excluding carboxylic acids is 1. The average Bonchev–Trinajstić information content (AvgIpc) is 3.15. The van der Waals surface area contributed by atoms with Crippen molar-refractivity contribution in [2.75, 3.05) is 0 Å². The summed E-state index contributed by atoms with van der Waals surface area (Å²) in [4.78, 5) is 33.1. The van der Waals surface area contributed by atoms with E-state index in [0.29, 0.717) is 27.6 Å². The highest BCUT2D eigenvalue weighted by atomic mass is 32.1. The number of hydrogen-bond acceptors (Lipinski definition) is 6. The van der Waals surface area contributed by atoms with E-state index in [1.807, 2.05) is 13.0 Å². The lowest BCUT2D eigenvalue weighted by atomic mass is 10.2. The normalized spacial score (nSPS) is 11.0. The molecule has 1 aromatic carbocycles. The molecule has 0 N–H and O–H groups in total. The highest BCUT2D eigenvalue weighted by Gasteiger charge is 2.12. The zero-order chi connectivity index (χ0) is 20.4. The summed E-state index contributed by atoms with van der Waals surface area (Å²) in [5.41, 5.74) is 2.79. The summed E-state index contributed by atoms with van der Waals surface area (Å²) in [6.45, 7) is 1.79. The molecule has 8 heteroatoms. The predicted octanol–water partition coefficient (Wildman–Crippen LogP) is 3.55. The van der Waals surface area contributed by atoms with Gasteiger partial charge in [-0.3, -0.25) is 14.0 Å². The van der Waals surface area contributed by atoms with E-state index in [1.54, 1.807) is 29.8 Å². The molecule has 0 saturated carbocycles. The van der Waals surface area contributed by atoms with Gasteiger partial charge in [-0.25, -0.2) is 14.4 Å². The summed E-state index contributed by atoms with van der Waals surface area (Å²) in [5, 5.41) is 2.37. The van der Waals surface area contributed by atoms with Crippen molar-refractivity contribution in [1.82, 2.24) is 14.4 Å². The van der Waals surface area contributed by atoms with Crippen LogP contribution in [0.3, 0.4) is 0 Å². The fourth-order valence-electron chi connectivity index (χ4n) is 2.83. The average molecular weight is 409 g/mol. The number of nitrogens with zero attached hydrogens (tertiary/aromatic N) is 3. The molecule has 3 heterocycles. The third-order valence-electron chi connectivity index (χ3n) is 4.19. The predicted molar refractivity (Wildman–Crippen MR) is 107 cm³/mol. The van der Waals surface area contributed by atoms with E-state index in [2.05, 4.69) is 9.97 Å². The van der Waals surface area contributed by atoms with Crippen LogP contribution in [-0.2, 0) is 22.6 Å². The van der Waals surface area contributed by atoms with Gasteiger partial charge in [0, 0.05) is 23.2 Å². The van der Waals surface area contributed by atoms with Crippen molar-refractivity contribution >= 4 is 23.0 Å². The van der Waals surface area contributed by atoms with Crippen LogP contribution in [0.15, 0.2) is 58.8 Å². The van der Waals surface area contributed by atoms with E-state index in [0.717, 1.165) is 5.56 Å². The number of rotatable bonds is 5. The molecule has 0 amide bonds. The SMILES string of the molecule is Cc1ccc2nc(COC(=O)Cc3csc(-c4cccc(F)c4)n3)cc(=O)n2c1. The maximum absolute atomic E-state index is 13.3. The van der Waals surface area contributed by atoms with Crippen LogP contribution in [0.5, 0.6) is 0 Å². The minimum Gasteiger partial charge on any atom is -0.459 e. The fourth-order valence-corrected chi connectivity index (χ4v) is 3.64. The topological polar surface area (TPSA) is 73.6 Å². The molecule has 0 saturated heterocycles. The van der Waals surface area contributed by atoms with Crippen LogP contribution in [0.2, 0.25) is 0 Å². The van der Waals surface area contributed by atoms with E-state index in [-0.39, 0.29) is 24.4 Å². The van der Waals surface area contributed by atoms with E-state index in [1.165, 1.54) is 33.9 Å². The van der Waals surface area contributed by atoms with Crippen molar-refractivity contribution in [1.29, 1.82) is 0 Å². The molecular weight excluding hydrogens is 393 g/mol. The molecule has 0 atom stereocenters. The van der Waals surface area contributed by atoms with Gasteiger partial charge in [-0.2, -0.15) is 0 Å². The van der Waals surface area contributed by atoms with E-state index in [4.69, 9.17) is 4.74 Å². The van der Waals surface area contributed by atoms with Crippen molar-refractivity contribution in [3.8, 4) is 10.6 Å². The molecule has 4 aromatic rings. The standard InChI is InChI=1S/C21H16FN3O3S/c1-13-5-6-18-23-16(8-19(26)25(18)10-13)11-28-20(27)9-17-12-29-21(24-17)14-3-2-4-15(22)7-14/h2-8,10,12H,9,11H2,1H3. The van der Waals surface area contributed by atoms with Crippen LogP contribution in [-0.4, -0.2) is 20.3 Å². The molecule has 0 spiro atoms. The van der Waals surface area contributed by atoms with Crippen molar-refractivity contribution < 1.29 is 13.9 Å². The number of aryl methyl sites for hydroxylation is 1. The molecule has 146 valence electrons. The number of carbonyl (C=O) groups is 1. The third-order valence-corrected chi connectivity index (χ3v) is 5.13. The van der Waals surface area contributed by atoms with Gasteiger partial charge in [0.1, 0.15) is 23.1 Å². The van der Waals surface area contributed by atoms with Gasteiger partial charge in [0.2, 0.25) is 0 Å². The first-order valence-corrected chi connectivity index (χ1v) is 9.71. The Hall–Kier alpha value is -3.39. The van der Waals surface area contributed by atoms with Gasteiger partial charge in [-0.15, -0.1) is 11.3 Å². The first-order valence-electron chi connectivity index (χ1n) is 8.83. The number of fused-ring (bicyclic) bond motifs is 1. The molecule has 6 nitrogen and oxygen atoms in total. The fraction of sp³-hybridized carbons (Fsp3) is 0.143. The Balaban J connectivity index is 1.41. The quantitative estimate of drug-likeness (QED) is 0.471. The van der Waals surface area contributed by atoms with Crippen molar-refractivity contribution in [3.63, 3.8) is 0 Å². The number of thiazole rings is 1. The van der Waals surface area contributed by atoms with Crippen molar-refractivity contribution in [2.24, 2.45) is 0 Å². The van der Waals surface area contributed by atoms with Gasteiger partial charge in [0.05, 0.1) is 17.8 Å². The van der Waals surface area contributed by atoms with Crippen LogP contribution in [0, 0.1) is 12.7 Å². The summed E-state index contributed by atoms with van der Waals surface area (Å²) in [7, 11) is 0. The Morgan fingerprint density at radius 3 is 2.86 bits per heavy atom. The van der Waals surface area contributed by atoms with Gasteiger partial charge in [-0.05, 0) is 30.7 Å². The van der Waals surface area contributed by atoms with E-state index in [9.17, 15) is 14.0 Å². The lowest BCUT2D eigenvalue weighted by molar-refractivity contribution is -0.144. The van der Waals surface area contributed by atoms with Crippen molar-refractivity contribution in [2.45, 2.75) is 20.0 Å². The maximum Gasteiger partial charge on any atom is 0.312 e. The lowest BCUT2D eigenvalue weighted by Gasteiger charge is -2.06. The maximum atomic E-state index is 13.3. The van der Waals surface area contributed by atoms with Gasteiger partial charge in [0.25, 0.3) is 5.56 Å². The van der Waals surface area contributed by atoms with Gasteiger partial charge in [0.15, 0.2) is 0 Å². The summed E-state index contributed by atoms with van der Waals surface area (Å²) in [6.07, 6.45) is 1.69. The summed E-state index contributed by atoms with van der Waals surface area (Å²) < 4.78 is 20.0. The molecule has 3 aromatic heterocycles. The number of halogens is 1. The van der Waals surface area contributed by atoms with E-state index < -0.39 is 5.97 Å². The van der Waals surface area contributed by atoms with Crippen LogP contribution in [0.1, 0.15) is 17.0 Å². The minimum absolute atomic E-state index is 0.0163. The molecule has 0 aliphatic heterocycles. The highest BCUT2D eigenvalue weighted by molar-refractivity contribution is 7.13. The molecule has 0 unspecified atom stereocenters. The Kier molecular flexibility index (Phi) is 5.18. The number of benzene rings is 1. The van der Waals surface area contributed by atoms with Crippen LogP contribution in [0.4, 0.5) is 4.39 Å². The molecule has 0 fully saturated rings. The van der Waals surface area contributed by atoms with Gasteiger partial charge < -0.3 is 4.74 Å². The molecule has 0 radical (unpaired) electrons. The number of hydrogen-bond donors (Lipinski definition) is 0. The molecule has 29 heavy (non-hydrogen) atoms. The Morgan fingerprint density at radius 1 is 1.17 bits per heavy atom. The Labute approximate surface area is 169 Å². The zero-order valence-electron chi connectivity index (χ0n) is 15.5. The first kappa shape index (κ1) is 18.9. The highest BCUT2D eigenvalue weighted by Crippen LogP contribution is 2.24. The second-order valence-corrected chi connectivity index (χ2v) is 7.37. The van der Waals surface area contributed by atoms with Crippen molar-refractivity contribution in [3.05, 3.63) is 87.2 Å². The van der Waals surface area contributed by atoms with E-state index >= 15 is 0 Å². The first-order chi connectivity index (χ1) is 14.0.